The van der Waals surface area contributed by atoms with E-state index in [9.17, 15) is 14.7 Å². The van der Waals surface area contributed by atoms with Crippen molar-refractivity contribution in [3.8, 4) is 5.75 Å². The van der Waals surface area contributed by atoms with E-state index in [4.69, 9.17) is 15.2 Å². The van der Waals surface area contributed by atoms with Gasteiger partial charge in [-0.3, -0.25) is 4.79 Å². The molecule has 1 amide bonds. The molecule has 182 valence electrons. The van der Waals surface area contributed by atoms with Crippen molar-refractivity contribution < 1.29 is 24.2 Å². The van der Waals surface area contributed by atoms with Crippen molar-refractivity contribution >= 4 is 11.9 Å². The fraction of sp³-hybridized carbons (Fsp3) is 0.680. The molecule has 1 aromatic rings. The molecule has 32 heavy (non-hydrogen) atoms. The number of aliphatic hydroxyl groups excluding tert-OH is 1. The lowest BCUT2D eigenvalue weighted by Crippen LogP contribution is -2.41. The van der Waals surface area contributed by atoms with Crippen LogP contribution in [-0.2, 0) is 16.0 Å². The second kappa shape index (κ2) is 14.1. The van der Waals surface area contributed by atoms with E-state index in [1.54, 1.807) is 6.07 Å². The average molecular weight is 451 g/mol. The van der Waals surface area contributed by atoms with Gasteiger partial charge >= 0.3 is 5.97 Å². The van der Waals surface area contributed by atoms with Crippen LogP contribution < -0.4 is 15.8 Å². The van der Waals surface area contributed by atoms with Gasteiger partial charge in [0, 0.05) is 18.5 Å². The summed E-state index contributed by atoms with van der Waals surface area (Å²) in [6, 6.07) is 4.98. The molecule has 0 saturated heterocycles. The van der Waals surface area contributed by atoms with Crippen LogP contribution in [0.25, 0.3) is 0 Å². The topological polar surface area (TPSA) is 111 Å². The monoisotopic (exact) mass is 450 g/mol. The van der Waals surface area contributed by atoms with Crippen LogP contribution in [0.5, 0.6) is 5.75 Å². The van der Waals surface area contributed by atoms with Gasteiger partial charge in [0.05, 0.1) is 20.3 Å². The number of methoxy groups -OCH3 is 2. The summed E-state index contributed by atoms with van der Waals surface area (Å²) in [7, 11) is 2.88. The minimum absolute atomic E-state index is 0.0468. The quantitative estimate of drug-likeness (QED) is 0.296. The summed E-state index contributed by atoms with van der Waals surface area (Å²) in [5.74, 6) is 0.181. The zero-order chi connectivity index (χ0) is 24.3. The molecule has 7 heteroatoms. The van der Waals surface area contributed by atoms with Crippen molar-refractivity contribution in [2.24, 2.45) is 23.5 Å². The number of nitrogens with one attached hydrogen (secondary N) is 1. The number of rotatable bonds is 14. The molecular formula is C25H42N2O5. The molecule has 7 nitrogen and oxygen atoms in total. The van der Waals surface area contributed by atoms with Crippen LogP contribution in [0.1, 0.15) is 69.3 Å². The number of hydrogen-bond donors (Lipinski definition) is 3. The molecule has 0 heterocycles. The highest BCUT2D eigenvalue weighted by Crippen LogP contribution is 2.31. The van der Waals surface area contributed by atoms with Crippen LogP contribution in [0, 0.1) is 17.8 Å². The summed E-state index contributed by atoms with van der Waals surface area (Å²) >= 11 is 0. The molecule has 0 radical (unpaired) electrons. The van der Waals surface area contributed by atoms with Crippen LogP contribution in [0.15, 0.2) is 18.2 Å². The van der Waals surface area contributed by atoms with Crippen LogP contribution in [-0.4, -0.2) is 49.9 Å². The van der Waals surface area contributed by atoms with Crippen molar-refractivity contribution in [3.63, 3.8) is 0 Å². The van der Waals surface area contributed by atoms with Crippen molar-refractivity contribution in [3.05, 3.63) is 29.3 Å². The standard InChI is InChI=1S/C25H42N2O5/c1-7-8-12-27-24(29)17(4)13-22(28)21(26)15-19(16(2)3)14-18-10-9-11-20(23(18)31-5)25(30)32-6/h9-11,16-17,19,21-22,28H,7-8,12-15,26H2,1-6H3,(H,27,29)/t17-,19+,21+,22+/m1/s1. The molecule has 0 fully saturated rings. The van der Waals surface area contributed by atoms with Gasteiger partial charge in [-0.25, -0.2) is 4.79 Å². The third-order valence-electron chi connectivity index (χ3n) is 6.07. The van der Waals surface area contributed by atoms with Gasteiger partial charge in [-0.1, -0.05) is 46.2 Å². The number of aliphatic hydroxyl groups is 1. The third kappa shape index (κ3) is 8.43. The molecule has 0 unspecified atom stereocenters. The molecule has 0 saturated carbocycles. The first-order valence-corrected chi connectivity index (χ1v) is 11.6. The van der Waals surface area contributed by atoms with Gasteiger partial charge < -0.3 is 25.6 Å². The van der Waals surface area contributed by atoms with Gasteiger partial charge in [0.1, 0.15) is 11.3 Å². The number of hydrogen-bond acceptors (Lipinski definition) is 6. The average Bonchev–Trinajstić information content (AvgIpc) is 2.77. The lowest BCUT2D eigenvalue weighted by molar-refractivity contribution is -0.125. The Morgan fingerprint density at radius 2 is 1.84 bits per heavy atom. The van der Waals surface area contributed by atoms with Gasteiger partial charge in [-0.05, 0) is 49.1 Å². The predicted molar refractivity (Wildman–Crippen MR) is 127 cm³/mol. The number of carbonyl (C=O) groups is 2. The highest BCUT2D eigenvalue weighted by atomic mass is 16.5. The minimum atomic E-state index is -0.772. The van der Waals surface area contributed by atoms with E-state index in [0.717, 1.165) is 18.4 Å². The van der Waals surface area contributed by atoms with Gasteiger partial charge in [0.15, 0.2) is 0 Å². The van der Waals surface area contributed by atoms with E-state index in [2.05, 4.69) is 26.1 Å². The molecule has 1 aromatic carbocycles. The maximum Gasteiger partial charge on any atom is 0.341 e. The molecule has 0 aromatic heterocycles. The fourth-order valence-electron chi connectivity index (χ4n) is 3.84. The first kappa shape index (κ1) is 27.9. The Hall–Kier alpha value is -2.12. The Kier molecular flexibility index (Phi) is 12.3. The molecule has 0 bridgehead atoms. The Labute approximate surface area is 193 Å². The summed E-state index contributed by atoms with van der Waals surface area (Å²) in [6.07, 6.45) is 2.76. The van der Waals surface area contributed by atoms with E-state index in [1.165, 1.54) is 14.2 Å². The largest absolute Gasteiger partial charge is 0.496 e. The van der Waals surface area contributed by atoms with Crippen molar-refractivity contribution in [1.82, 2.24) is 5.32 Å². The summed E-state index contributed by atoms with van der Waals surface area (Å²) in [5, 5.41) is 13.6. The first-order chi connectivity index (χ1) is 15.2. The zero-order valence-electron chi connectivity index (χ0n) is 20.5. The molecule has 0 aliphatic carbocycles. The predicted octanol–water partition coefficient (Wildman–Crippen LogP) is 3.32. The fourth-order valence-corrected chi connectivity index (χ4v) is 3.84. The van der Waals surface area contributed by atoms with E-state index in [-0.39, 0.29) is 17.7 Å². The SMILES string of the molecule is CCCCNC(=O)[C@H](C)C[C@H](O)[C@@H](N)C[C@H](Cc1cccc(C(=O)OC)c1OC)C(C)C. The number of benzene rings is 1. The van der Waals surface area contributed by atoms with Crippen molar-refractivity contribution in [2.75, 3.05) is 20.8 Å². The van der Waals surface area contributed by atoms with E-state index < -0.39 is 18.1 Å². The first-order valence-electron chi connectivity index (χ1n) is 11.6. The minimum Gasteiger partial charge on any atom is -0.496 e. The molecule has 1 rings (SSSR count). The lowest BCUT2D eigenvalue weighted by atomic mass is 9.81. The summed E-state index contributed by atoms with van der Waals surface area (Å²) in [5.41, 5.74) is 7.66. The highest BCUT2D eigenvalue weighted by Gasteiger charge is 2.27. The number of ether oxygens (including phenoxy) is 2. The maximum atomic E-state index is 12.2. The molecular weight excluding hydrogens is 408 g/mol. The van der Waals surface area contributed by atoms with Crippen molar-refractivity contribution in [1.29, 1.82) is 0 Å². The maximum absolute atomic E-state index is 12.2. The van der Waals surface area contributed by atoms with E-state index in [0.29, 0.717) is 43.0 Å². The van der Waals surface area contributed by atoms with Crippen LogP contribution in [0.4, 0.5) is 0 Å². The molecule has 4 N–H and O–H groups in total. The zero-order valence-corrected chi connectivity index (χ0v) is 20.5. The number of esters is 1. The normalized spacial score (nSPS) is 15.0. The van der Waals surface area contributed by atoms with Gasteiger partial charge in [-0.2, -0.15) is 0 Å². The Bertz CT molecular complexity index is 722. The van der Waals surface area contributed by atoms with Crippen LogP contribution >= 0.6 is 0 Å². The van der Waals surface area contributed by atoms with Gasteiger partial charge in [-0.15, -0.1) is 0 Å². The molecule has 0 aliphatic heterocycles. The summed E-state index contributed by atoms with van der Waals surface area (Å²) < 4.78 is 10.4. The van der Waals surface area contributed by atoms with E-state index in [1.807, 2.05) is 19.1 Å². The number of carbonyl (C=O) groups excluding carboxylic acids is 2. The lowest BCUT2D eigenvalue weighted by Gasteiger charge is -2.28. The Balaban J connectivity index is 2.83. The second-order valence-electron chi connectivity index (χ2n) is 8.95. The van der Waals surface area contributed by atoms with E-state index >= 15 is 0 Å². The van der Waals surface area contributed by atoms with Gasteiger partial charge in [0.2, 0.25) is 5.91 Å². The summed E-state index contributed by atoms with van der Waals surface area (Å²) in [4.78, 5) is 24.3. The van der Waals surface area contributed by atoms with Crippen molar-refractivity contribution in [2.45, 2.75) is 71.9 Å². The molecule has 4 atom stereocenters. The second-order valence-corrected chi connectivity index (χ2v) is 8.95. The Morgan fingerprint density at radius 1 is 1.16 bits per heavy atom. The molecule has 0 spiro atoms. The number of para-hydroxylation sites is 1. The van der Waals surface area contributed by atoms with Crippen LogP contribution in [0.2, 0.25) is 0 Å². The van der Waals surface area contributed by atoms with Gasteiger partial charge in [0.25, 0.3) is 0 Å². The highest BCUT2D eigenvalue weighted by molar-refractivity contribution is 5.93. The number of nitrogens with two attached hydrogens (primary N) is 1. The number of unbranched alkanes of at least 4 members (excludes halogenated alkanes) is 1. The Morgan fingerprint density at radius 3 is 2.41 bits per heavy atom. The third-order valence-corrected chi connectivity index (χ3v) is 6.07. The molecule has 0 aliphatic rings. The van der Waals surface area contributed by atoms with Crippen LogP contribution in [0.3, 0.4) is 0 Å². The smallest absolute Gasteiger partial charge is 0.341 e. The number of amides is 1. The summed E-state index contributed by atoms with van der Waals surface area (Å²) in [6.45, 7) is 8.78.